The third kappa shape index (κ3) is 4.81. The fraction of sp³-hybridized carbons (Fsp3) is 0.273. The molecule has 0 aliphatic carbocycles. The zero-order valence-electron chi connectivity index (χ0n) is 16.2. The summed E-state index contributed by atoms with van der Waals surface area (Å²) in [6.45, 7) is 1.79. The van der Waals surface area contributed by atoms with Crippen molar-refractivity contribution in [2.75, 3.05) is 18.4 Å². The second-order valence-corrected chi connectivity index (χ2v) is 9.07. The van der Waals surface area contributed by atoms with Crippen molar-refractivity contribution < 1.29 is 8.42 Å². The molecule has 6 nitrogen and oxygen atoms in total. The molecule has 0 unspecified atom stereocenters. The van der Waals surface area contributed by atoms with Crippen molar-refractivity contribution in [2.24, 2.45) is 0 Å². The molecule has 1 saturated heterocycles. The Morgan fingerprint density at radius 3 is 2.34 bits per heavy atom. The molecule has 1 aliphatic rings. The third-order valence-electron chi connectivity index (χ3n) is 5.01. The fourth-order valence-corrected chi connectivity index (χ4v) is 4.93. The van der Waals surface area contributed by atoms with Crippen molar-refractivity contribution >= 4 is 15.8 Å². The van der Waals surface area contributed by atoms with Crippen LogP contribution >= 0.6 is 0 Å². The van der Waals surface area contributed by atoms with E-state index in [4.69, 9.17) is 0 Å². The van der Waals surface area contributed by atoms with E-state index in [1.165, 1.54) is 5.56 Å². The quantitative estimate of drug-likeness (QED) is 0.648. The van der Waals surface area contributed by atoms with E-state index in [9.17, 15) is 8.42 Å². The van der Waals surface area contributed by atoms with Crippen LogP contribution in [0.3, 0.4) is 0 Å². The number of hydrogen-bond acceptors (Lipinski definition) is 5. The Morgan fingerprint density at radius 2 is 1.62 bits per heavy atom. The summed E-state index contributed by atoms with van der Waals surface area (Å²) in [6.07, 6.45) is 4.30. The van der Waals surface area contributed by atoms with Crippen LogP contribution in [0.2, 0.25) is 0 Å². The van der Waals surface area contributed by atoms with Crippen molar-refractivity contribution in [3.05, 3.63) is 83.8 Å². The molecule has 0 bridgehead atoms. The number of rotatable bonds is 7. The monoisotopic (exact) mass is 408 g/mol. The average Bonchev–Trinajstić information content (AvgIpc) is 3.30. The molecule has 2 heterocycles. The Hall–Kier alpha value is -2.77. The predicted molar refractivity (Wildman–Crippen MR) is 113 cm³/mol. The van der Waals surface area contributed by atoms with Crippen molar-refractivity contribution in [3.8, 4) is 0 Å². The number of anilines is 1. The molecule has 29 heavy (non-hydrogen) atoms. The Morgan fingerprint density at radius 1 is 0.897 bits per heavy atom. The Bertz CT molecular complexity index is 1050. The van der Waals surface area contributed by atoms with Gasteiger partial charge in [0.25, 0.3) is 0 Å². The van der Waals surface area contributed by atoms with Crippen LogP contribution in [0.15, 0.2) is 71.8 Å². The second-order valence-electron chi connectivity index (χ2n) is 7.13. The molecule has 1 aliphatic heterocycles. The summed E-state index contributed by atoms with van der Waals surface area (Å²) in [6, 6.07) is 19.0. The van der Waals surface area contributed by atoms with Gasteiger partial charge < -0.3 is 5.32 Å². The van der Waals surface area contributed by atoms with E-state index in [1.807, 2.05) is 36.4 Å². The molecule has 0 radical (unpaired) electrons. The van der Waals surface area contributed by atoms with Crippen molar-refractivity contribution in [2.45, 2.75) is 30.7 Å². The van der Waals surface area contributed by atoms with E-state index in [-0.39, 0.29) is 0 Å². The first-order chi connectivity index (χ1) is 14.1. The van der Waals surface area contributed by atoms with Gasteiger partial charge in [-0.25, -0.2) is 18.4 Å². The Balaban J connectivity index is 1.38. The molecule has 7 heteroatoms. The molecule has 150 valence electrons. The van der Waals surface area contributed by atoms with Crippen molar-refractivity contribution in [3.63, 3.8) is 0 Å². The first-order valence-corrected chi connectivity index (χ1v) is 11.2. The largest absolute Gasteiger partial charge is 0.366 e. The summed E-state index contributed by atoms with van der Waals surface area (Å²) in [7, 11) is -3.37. The van der Waals surface area contributed by atoms with Crippen LogP contribution in [0.25, 0.3) is 0 Å². The standard InChI is InChI=1S/C22H24N4O2S/c27-29(28,26-14-4-5-15-26)20-10-8-19(9-11-20)17-24-21-12-13-23-22(25-21)16-18-6-2-1-3-7-18/h1-3,6-13H,4-5,14-17H2,(H,23,24,25). The minimum Gasteiger partial charge on any atom is -0.366 e. The maximum Gasteiger partial charge on any atom is 0.243 e. The van der Waals surface area contributed by atoms with Gasteiger partial charge >= 0.3 is 0 Å². The van der Waals surface area contributed by atoms with Crippen molar-refractivity contribution in [1.82, 2.24) is 14.3 Å². The normalized spacial score (nSPS) is 14.8. The second kappa shape index (κ2) is 8.71. The SMILES string of the molecule is O=S(=O)(c1ccc(CNc2ccnc(Cc3ccccc3)n2)cc1)N1CCCC1. The highest BCUT2D eigenvalue weighted by Crippen LogP contribution is 2.21. The van der Waals surface area contributed by atoms with Gasteiger partial charge in [-0.15, -0.1) is 0 Å². The highest BCUT2D eigenvalue weighted by Gasteiger charge is 2.26. The van der Waals surface area contributed by atoms with E-state index in [1.54, 1.807) is 22.6 Å². The molecule has 1 aromatic heterocycles. The van der Waals surface area contributed by atoms with Crippen LogP contribution in [0.5, 0.6) is 0 Å². The van der Waals surface area contributed by atoms with E-state index in [0.29, 0.717) is 31.0 Å². The lowest BCUT2D eigenvalue weighted by atomic mass is 10.1. The summed E-state index contributed by atoms with van der Waals surface area (Å²) >= 11 is 0. The van der Waals surface area contributed by atoms with Crippen molar-refractivity contribution in [1.29, 1.82) is 0 Å². The first kappa shape index (κ1) is 19.5. The highest BCUT2D eigenvalue weighted by atomic mass is 32.2. The van der Waals surface area contributed by atoms with Gasteiger partial charge in [-0.2, -0.15) is 4.31 Å². The van der Waals surface area contributed by atoms with Crippen LogP contribution in [0.1, 0.15) is 29.8 Å². The number of nitrogens with one attached hydrogen (secondary N) is 1. The lowest BCUT2D eigenvalue weighted by Crippen LogP contribution is -2.27. The van der Waals surface area contributed by atoms with Gasteiger partial charge in [-0.05, 0) is 42.2 Å². The van der Waals surface area contributed by atoms with Gasteiger partial charge in [0.2, 0.25) is 10.0 Å². The molecule has 4 rings (SSSR count). The lowest BCUT2D eigenvalue weighted by molar-refractivity contribution is 0.477. The molecule has 0 amide bonds. The van der Waals surface area contributed by atoms with Gasteiger partial charge in [0.05, 0.1) is 4.90 Å². The number of aromatic nitrogens is 2. The zero-order valence-corrected chi connectivity index (χ0v) is 17.0. The Kier molecular flexibility index (Phi) is 5.87. The summed E-state index contributed by atoms with van der Waals surface area (Å²) in [4.78, 5) is 9.27. The molecule has 0 saturated carbocycles. The summed E-state index contributed by atoms with van der Waals surface area (Å²) in [5, 5.41) is 3.29. The smallest absolute Gasteiger partial charge is 0.243 e. The number of sulfonamides is 1. The van der Waals surface area contributed by atoms with E-state index in [0.717, 1.165) is 30.0 Å². The number of benzene rings is 2. The summed E-state index contributed by atoms with van der Waals surface area (Å²) < 4.78 is 26.8. The van der Waals surface area contributed by atoms with Gasteiger partial charge in [-0.3, -0.25) is 0 Å². The predicted octanol–water partition coefficient (Wildman–Crippen LogP) is 3.46. The first-order valence-electron chi connectivity index (χ1n) is 9.80. The Labute approximate surface area is 171 Å². The molecule has 1 N–H and O–H groups in total. The van der Waals surface area contributed by atoms with Gasteiger partial charge in [0.1, 0.15) is 11.6 Å². The minimum atomic E-state index is -3.37. The maximum absolute atomic E-state index is 12.6. The fourth-order valence-electron chi connectivity index (χ4n) is 3.41. The highest BCUT2D eigenvalue weighted by molar-refractivity contribution is 7.89. The minimum absolute atomic E-state index is 0.357. The maximum atomic E-state index is 12.6. The average molecular weight is 409 g/mol. The van der Waals surface area contributed by atoms with Crippen LogP contribution in [0, 0.1) is 0 Å². The lowest BCUT2D eigenvalue weighted by Gasteiger charge is -2.15. The van der Waals surface area contributed by atoms with Gasteiger partial charge in [0.15, 0.2) is 0 Å². The van der Waals surface area contributed by atoms with Crippen LogP contribution < -0.4 is 5.32 Å². The van der Waals surface area contributed by atoms with Gasteiger partial charge in [-0.1, -0.05) is 42.5 Å². The molecule has 0 spiro atoms. The number of nitrogens with zero attached hydrogens (tertiary/aromatic N) is 3. The van der Waals surface area contributed by atoms with Crippen LogP contribution in [-0.2, 0) is 23.0 Å². The molecular weight excluding hydrogens is 384 g/mol. The van der Waals surface area contributed by atoms with E-state index < -0.39 is 10.0 Å². The summed E-state index contributed by atoms with van der Waals surface area (Å²) in [5.74, 6) is 1.51. The molecule has 2 aromatic carbocycles. The topological polar surface area (TPSA) is 75.2 Å². The van der Waals surface area contributed by atoms with Gasteiger partial charge in [0, 0.05) is 32.3 Å². The summed E-state index contributed by atoms with van der Waals surface area (Å²) in [5.41, 5.74) is 2.16. The molecular formula is C22H24N4O2S. The zero-order chi connectivity index (χ0) is 20.1. The van der Waals surface area contributed by atoms with E-state index >= 15 is 0 Å². The molecule has 0 atom stereocenters. The van der Waals surface area contributed by atoms with E-state index in [2.05, 4.69) is 27.4 Å². The van der Waals surface area contributed by atoms with Crippen LogP contribution in [0.4, 0.5) is 5.82 Å². The number of hydrogen-bond donors (Lipinski definition) is 1. The molecule has 1 fully saturated rings. The molecule has 3 aromatic rings. The third-order valence-corrected chi connectivity index (χ3v) is 6.92. The van der Waals surface area contributed by atoms with Crippen LogP contribution in [-0.4, -0.2) is 35.8 Å².